The lowest BCUT2D eigenvalue weighted by Crippen LogP contribution is -2.23. The van der Waals surface area contributed by atoms with Crippen LogP contribution in [-0.2, 0) is 4.79 Å². The maximum Gasteiger partial charge on any atom is 0.306 e. The smallest absolute Gasteiger partial charge is 0.306 e. The molecular formula is C15H24N4O3. The topological polar surface area (TPSA) is 145 Å². The highest BCUT2D eigenvalue weighted by atomic mass is 16.4. The SMILES string of the molecule is CCCC(C/C(N)=N/N)C(=O)O.Cc1ccccc1C(N)=O. The van der Waals surface area contributed by atoms with Crippen LogP contribution in [0.1, 0.15) is 42.1 Å². The predicted molar refractivity (Wildman–Crippen MR) is 86.2 cm³/mol. The highest BCUT2D eigenvalue weighted by Gasteiger charge is 2.17. The molecule has 122 valence electrons. The number of nitrogens with two attached hydrogens (primary N) is 3. The number of rotatable bonds is 6. The van der Waals surface area contributed by atoms with Gasteiger partial charge in [0.1, 0.15) is 5.84 Å². The summed E-state index contributed by atoms with van der Waals surface area (Å²) in [5, 5.41) is 11.9. The first kappa shape index (κ1) is 19.4. The van der Waals surface area contributed by atoms with Crippen molar-refractivity contribution in [2.24, 2.45) is 28.3 Å². The van der Waals surface area contributed by atoms with Gasteiger partial charge < -0.3 is 22.4 Å². The third kappa shape index (κ3) is 7.28. The highest BCUT2D eigenvalue weighted by molar-refractivity contribution is 5.94. The first-order valence-corrected chi connectivity index (χ1v) is 6.93. The van der Waals surface area contributed by atoms with Gasteiger partial charge in [0.15, 0.2) is 0 Å². The average Bonchev–Trinajstić information content (AvgIpc) is 2.47. The molecule has 1 rings (SSSR count). The fourth-order valence-corrected chi connectivity index (χ4v) is 1.82. The van der Waals surface area contributed by atoms with E-state index in [1.54, 1.807) is 12.1 Å². The minimum absolute atomic E-state index is 0.191. The van der Waals surface area contributed by atoms with E-state index in [0.29, 0.717) is 12.0 Å². The number of aliphatic carboxylic acids is 1. The maximum atomic E-state index is 10.6. The van der Waals surface area contributed by atoms with Gasteiger partial charge in [-0.1, -0.05) is 31.5 Å². The molecule has 0 aliphatic carbocycles. The van der Waals surface area contributed by atoms with Gasteiger partial charge in [-0.15, -0.1) is 0 Å². The molecule has 0 saturated heterocycles. The summed E-state index contributed by atoms with van der Waals surface area (Å²) in [7, 11) is 0. The minimum atomic E-state index is -0.844. The first-order chi connectivity index (χ1) is 10.3. The van der Waals surface area contributed by atoms with Crippen molar-refractivity contribution in [2.75, 3.05) is 0 Å². The van der Waals surface area contributed by atoms with Gasteiger partial charge in [-0.3, -0.25) is 9.59 Å². The van der Waals surface area contributed by atoms with Crippen LogP contribution in [0.3, 0.4) is 0 Å². The number of aryl methyl sites for hydroxylation is 1. The van der Waals surface area contributed by atoms with Crippen molar-refractivity contribution in [3.8, 4) is 0 Å². The monoisotopic (exact) mass is 308 g/mol. The second-order valence-corrected chi connectivity index (χ2v) is 4.83. The summed E-state index contributed by atoms with van der Waals surface area (Å²) in [6.45, 7) is 3.78. The molecule has 22 heavy (non-hydrogen) atoms. The fourth-order valence-electron chi connectivity index (χ4n) is 1.82. The lowest BCUT2D eigenvalue weighted by atomic mass is 10.00. The van der Waals surface area contributed by atoms with E-state index in [2.05, 4.69) is 5.10 Å². The molecule has 1 unspecified atom stereocenters. The Labute approximate surface area is 130 Å². The second-order valence-electron chi connectivity index (χ2n) is 4.83. The van der Waals surface area contributed by atoms with E-state index in [1.807, 2.05) is 26.0 Å². The summed E-state index contributed by atoms with van der Waals surface area (Å²) in [6.07, 6.45) is 1.65. The molecule has 0 radical (unpaired) electrons. The standard InChI is InChI=1S/C8H9NO.C7H15N3O2/c1-6-4-2-3-5-7(6)8(9)10;1-2-3-5(7(11)12)4-6(8)10-9/h2-5H,1H3,(H2,9,10);5H,2-4,9H2,1H3,(H2,8,10)(H,11,12). The molecule has 0 aromatic heterocycles. The van der Waals surface area contributed by atoms with E-state index >= 15 is 0 Å². The van der Waals surface area contributed by atoms with Crippen molar-refractivity contribution in [1.82, 2.24) is 0 Å². The average molecular weight is 308 g/mol. The lowest BCUT2D eigenvalue weighted by molar-refractivity contribution is -0.141. The lowest BCUT2D eigenvalue weighted by Gasteiger charge is -2.09. The van der Waals surface area contributed by atoms with Crippen molar-refractivity contribution in [2.45, 2.75) is 33.1 Å². The van der Waals surface area contributed by atoms with Crippen molar-refractivity contribution < 1.29 is 14.7 Å². The third-order valence-electron chi connectivity index (χ3n) is 3.02. The fraction of sp³-hybridized carbons (Fsp3) is 0.400. The number of hydrogen-bond donors (Lipinski definition) is 4. The Morgan fingerprint density at radius 1 is 1.27 bits per heavy atom. The molecule has 7 nitrogen and oxygen atoms in total. The van der Waals surface area contributed by atoms with Gasteiger partial charge in [-0.05, 0) is 25.0 Å². The zero-order valence-electron chi connectivity index (χ0n) is 13.0. The van der Waals surface area contributed by atoms with Crippen LogP contribution in [-0.4, -0.2) is 22.8 Å². The van der Waals surface area contributed by atoms with Gasteiger partial charge in [0.05, 0.1) is 5.92 Å². The number of carbonyl (C=O) groups excluding carboxylic acids is 1. The minimum Gasteiger partial charge on any atom is -0.481 e. The number of carbonyl (C=O) groups is 2. The molecule has 0 spiro atoms. The van der Waals surface area contributed by atoms with Gasteiger partial charge in [0.25, 0.3) is 0 Å². The number of amides is 1. The van der Waals surface area contributed by atoms with E-state index in [0.717, 1.165) is 12.0 Å². The van der Waals surface area contributed by atoms with Crippen LogP contribution < -0.4 is 17.3 Å². The van der Waals surface area contributed by atoms with E-state index < -0.39 is 11.9 Å². The quantitative estimate of drug-likeness (QED) is 0.270. The van der Waals surface area contributed by atoms with Crippen LogP contribution in [0.25, 0.3) is 0 Å². The molecule has 7 N–H and O–H groups in total. The maximum absolute atomic E-state index is 10.6. The second kappa shape index (κ2) is 10.2. The number of nitrogens with zero attached hydrogens (tertiary/aromatic N) is 1. The van der Waals surface area contributed by atoms with Gasteiger partial charge in [-0.2, -0.15) is 5.10 Å². The Balaban J connectivity index is 0.000000406. The van der Waals surface area contributed by atoms with E-state index in [4.69, 9.17) is 22.4 Å². The van der Waals surface area contributed by atoms with Gasteiger partial charge in [-0.25, -0.2) is 0 Å². The van der Waals surface area contributed by atoms with Crippen LogP contribution in [0, 0.1) is 12.8 Å². The molecule has 1 aromatic carbocycles. The summed E-state index contributed by atoms with van der Waals surface area (Å²) >= 11 is 0. The Morgan fingerprint density at radius 2 is 1.86 bits per heavy atom. The molecule has 0 saturated carbocycles. The Kier molecular flexibility index (Phi) is 9.01. The summed E-state index contributed by atoms with van der Waals surface area (Å²) < 4.78 is 0. The third-order valence-corrected chi connectivity index (χ3v) is 3.02. The molecule has 0 fully saturated rings. The molecule has 0 aliphatic rings. The van der Waals surface area contributed by atoms with E-state index in [-0.39, 0.29) is 18.2 Å². The zero-order chi connectivity index (χ0) is 17.1. The zero-order valence-corrected chi connectivity index (χ0v) is 13.0. The number of carboxylic acids is 1. The summed E-state index contributed by atoms with van der Waals surface area (Å²) in [5.74, 6) is 3.41. The number of hydrazone groups is 1. The van der Waals surface area contributed by atoms with E-state index in [1.165, 1.54) is 0 Å². The molecular weight excluding hydrogens is 284 g/mol. The van der Waals surface area contributed by atoms with Crippen LogP contribution in [0.15, 0.2) is 29.4 Å². The number of primary amides is 1. The molecule has 7 heteroatoms. The molecule has 1 amide bonds. The Bertz CT molecular complexity index is 529. The van der Waals surface area contributed by atoms with Crippen LogP contribution in [0.5, 0.6) is 0 Å². The summed E-state index contributed by atoms with van der Waals surface area (Å²) in [5.41, 5.74) is 11.9. The van der Waals surface area contributed by atoms with Crippen molar-refractivity contribution in [1.29, 1.82) is 0 Å². The Morgan fingerprint density at radius 3 is 2.23 bits per heavy atom. The number of hydrogen-bond acceptors (Lipinski definition) is 4. The van der Waals surface area contributed by atoms with Crippen molar-refractivity contribution in [3.05, 3.63) is 35.4 Å². The molecule has 1 atom stereocenters. The number of amidine groups is 1. The van der Waals surface area contributed by atoms with Gasteiger partial charge in [0, 0.05) is 12.0 Å². The first-order valence-electron chi connectivity index (χ1n) is 6.93. The molecule has 0 aliphatic heterocycles. The Hall–Kier alpha value is -2.57. The summed E-state index contributed by atoms with van der Waals surface area (Å²) in [6, 6.07) is 7.26. The highest BCUT2D eigenvalue weighted by Crippen LogP contribution is 2.10. The van der Waals surface area contributed by atoms with Crippen molar-refractivity contribution in [3.63, 3.8) is 0 Å². The molecule has 1 aromatic rings. The van der Waals surface area contributed by atoms with Gasteiger partial charge in [0.2, 0.25) is 5.91 Å². The van der Waals surface area contributed by atoms with Crippen molar-refractivity contribution >= 4 is 17.7 Å². The normalized spacial score (nSPS) is 12.0. The summed E-state index contributed by atoms with van der Waals surface area (Å²) in [4.78, 5) is 21.2. The van der Waals surface area contributed by atoms with Crippen LogP contribution >= 0.6 is 0 Å². The number of benzene rings is 1. The largest absolute Gasteiger partial charge is 0.481 e. The predicted octanol–water partition coefficient (Wildman–Crippen LogP) is 1.20. The number of carboxylic acid groups (broad SMARTS) is 1. The molecule has 0 bridgehead atoms. The van der Waals surface area contributed by atoms with Crippen LogP contribution in [0.2, 0.25) is 0 Å². The van der Waals surface area contributed by atoms with Gasteiger partial charge >= 0.3 is 5.97 Å². The molecule has 0 heterocycles. The van der Waals surface area contributed by atoms with E-state index in [9.17, 15) is 9.59 Å². The van der Waals surface area contributed by atoms with Crippen LogP contribution in [0.4, 0.5) is 0 Å².